The molecule has 1 aliphatic heterocycles. The lowest BCUT2D eigenvalue weighted by Crippen LogP contribution is -2.42. The van der Waals surface area contributed by atoms with Crippen molar-refractivity contribution in [2.24, 2.45) is 0 Å². The molecule has 0 spiro atoms. The number of benzene rings is 1. The number of halogens is 2. The molecule has 0 bridgehead atoms. The summed E-state index contributed by atoms with van der Waals surface area (Å²) >= 11 is 3.02. The molecule has 0 aliphatic carbocycles. The minimum Gasteiger partial charge on any atom is -0.478 e. The van der Waals surface area contributed by atoms with E-state index < -0.39 is 11.8 Å². The number of aromatic carboxylic acids is 1. The van der Waals surface area contributed by atoms with Gasteiger partial charge in [-0.05, 0) is 34.5 Å². The molecule has 1 unspecified atom stereocenters. The van der Waals surface area contributed by atoms with Crippen LogP contribution in [0.4, 0.5) is 10.1 Å². The second-order valence-corrected chi connectivity index (χ2v) is 5.21. The Balaban J connectivity index is 2.30. The molecule has 19 heavy (non-hydrogen) atoms. The fraction of sp³-hybridized carbons (Fsp3) is 0.462. The Kier molecular flexibility index (Phi) is 4.42. The average molecular weight is 332 g/mol. The van der Waals surface area contributed by atoms with E-state index in [2.05, 4.69) is 15.9 Å². The van der Waals surface area contributed by atoms with E-state index in [9.17, 15) is 9.18 Å². The van der Waals surface area contributed by atoms with Crippen molar-refractivity contribution < 1.29 is 19.0 Å². The van der Waals surface area contributed by atoms with Crippen molar-refractivity contribution in [3.63, 3.8) is 0 Å². The maximum Gasteiger partial charge on any atom is 0.336 e. The number of carboxylic acids is 1. The van der Waals surface area contributed by atoms with E-state index in [1.165, 1.54) is 12.1 Å². The Hall–Kier alpha value is -1.14. The fourth-order valence-corrected chi connectivity index (χ4v) is 2.64. The summed E-state index contributed by atoms with van der Waals surface area (Å²) in [7, 11) is 0. The van der Waals surface area contributed by atoms with Gasteiger partial charge in [0.05, 0.1) is 28.4 Å². The Bertz CT molecular complexity index is 495. The SMILES string of the molecule is CCC1CN(c2ccc(C(=O)O)c(Br)c2F)CCO1. The summed E-state index contributed by atoms with van der Waals surface area (Å²) in [6.45, 7) is 3.79. The first-order valence-corrected chi connectivity index (χ1v) is 6.91. The normalized spacial score (nSPS) is 19.5. The largest absolute Gasteiger partial charge is 0.478 e. The average Bonchev–Trinajstić information content (AvgIpc) is 2.41. The van der Waals surface area contributed by atoms with E-state index in [0.29, 0.717) is 25.4 Å². The molecular weight excluding hydrogens is 317 g/mol. The maximum absolute atomic E-state index is 14.2. The van der Waals surface area contributed by atoms with Gasteiger partial charge in [-0.25, -0.2) is 9.18 Å². The van der Waals surface area contributed by atoms with Gasteiger partial charge in [0, 0.05) is 13.1 Å². The Morgan fingerprint density at radius 1 is 1.63 bits per heavy atom. The van der Waals surface area contributed by atoms with Crippen LogP contribution >= 0.6 is 15.9 Å². The summed E-state index contributed by atoms with van der Waals surface area (Å²) in [6.07, 6.45) is 0.957. The summed E-state index contributed by atoms with van der Waals surface area (Å²) in [5.74, 6) is -1.68. The molecule has 2 rings (SSSR count). The summed E-state index contributed by atoms with van der Waals surface area (Å²) in [4.78, 5) is 12.8. The zero-order valence-electron chi connectivity index (χ0n) is 10.5. The molecule has 0 saturated carbocycles. The van der Waals surface area contributed by atoms with Crippen molar-refractivity contribution >= 4 is 27.6 Å². The highest BCUT2D eigenvalue weighted by Gasteiger charge is 2.24. The van der Waals surface area contributed by atoms with E-state index in [1.54, 1.807) is 0 Å². The highest BCUT2D eigenvalue weighted by Crippen LogP contribution is 2.30. The molecule has 0 aromatic heterocycles. The van der Waals surface area contributed by atoms with Crippen molar-refractivity contribution in [3.05, 3.63) is 28.0 Å². The summed E-state index contributed by atoms with van der Waals surface area (Å²) < 4.78 is 19.8. The lowest BCUT2D eigenvalue weighted by atomic mass is 10.1. The van der Waals surface area contributed by atoms with Crippen LogP contribution in [0.1, 0.15) is 23.7 Å². The molecule has 1 aromatic rings. The molecule has 1 fully saturated rings. The predicted octanol–water partition coefficient (Wildman–Crippen LogP) is 2.90. The molecule has 104 valence electrons. The Labute approximate surface area is 119 Å². The van der Waals surface area contributed by atoms with Gasteiger partial charge in [-0.3, -0.25) is 0 Å². The molecular formula is C13H15BrFNO3. The zero-order chi connectivity index (χ0) is 14.0. The molecule has 1 aliphatic rings. The highest BCUT2D eigenvalue weighted by atomic mass is 79.9. The topological polar surface area (TPSA) is 49.8 Å². The van der Waals surface area contributed by atoms with Crippen LogP contribution in [0.2, 0.25) is 0 Å². The second kappa shape index (κ2) is 5.88. The lowest BCUT2D eigenvalue weighted by Gasteiger charge is -2.34. The van der Waals surface area contributed by atoms with Gasteiger partial charge in [-0.1, -0.05) is 6.92 Å². The number of rotatable bonds is 3. The van der Waals surface area contributed by atoms with E-state index in [0.717, 1.165) is 6.42 Å². The molecule has 1 aromatic carbocycles. The van der Waals surface area contributed by atoms with Crippen molar-refractivity contribution in [3.8, 4) is 0 Å². The standard InChI is InChI=1S/C13H15BrFNO3/c1-2-8-7-16(5-6-19-8)10-4-3-9(13(17)18)11(14)12(10)15/h3-4,8H,2,5-7H2,1H3,(H,17,18). The van der Waals surface area contributed by atoms with Gasteiger partial charge in [0.2, 0.25) is 0 Å². The minimum atomic E-state index is -1.15. The summed E-state index contributed by atoms with van der Waals surface area (Å²) in [5, 5.41) is 8.94. The Morgan fingerprint density at radius 3 is 3.00 bits per heavy atom. The molecule has 0 radical (unpaired) electrons. The van der Waals surface area contributed by atoms with Crippen molar-refractivity contribution in [2.75, 3.05) is 24.6 Å². The van der Waals surface area contributed by atoms with Gasteiger partial charge < -0.3 is 14.7 Å². The van der Waals surface area contributed by atoms with Crippen molar-refractivity contribution in [2.45, 2.75) is 19.4 Å². The van der Waals surface area contributed by atoms with Gasteiger partial charge in [-0.2, -0.15) is 0 Å². The highest BCUT2D eigenvalue weighted by molar-refractivity contribution is 9.10. The number of morpholine rings is 1. The number of hydrogen-bond donors (Lipinski definition) is 1. The van der Waals surface area contributed by atoms with E-state index in [-0.39, 0.29) is 16.1 Å². The summed E-state index contributed by atoms with van der Waals surface area (Å²) in [6, 6.07) is 2.93. The van der Waals surface area contributed by atoms with Crippen LogP contribution in [-0.4, -0.2) is 36.9 Å². The van der Waals surface area contributed by atoms with Crippen LogP contribution in [0.5, 0.6) is 0 Å². The van der Waals surface area contributed by atoms with Gasteiger partial charge in [0.25, 0.3) is 0 Å². The van der Waals surface area contributed by atoms with Crippen LogP contribution in [0.3, 0.4) is 0 Å². The number of carboxylic acid groups (broad SMARTS) is 1. The number of hydrogen-bond acceptors (Lipinski definition) is 3. The quantitative estimate of drug-likeness (QED) is 0.925. The number of nitrogens with zero attached hydrogens (tertiary/aromatic N) is 1. The first-order chi connectivity index (χ1) is 9.04. The van der Waals surface area contributed by atoms with Gasteiger partial charge >= 0.3 is 5.97 Å². The smallest absolute Gasteiger partial charge is 0.336 e. The first-order valence-electron chi connectivity index (χ1n) is 6.12. The van der Waals surface area contributed by atoms with Gasteiger partial charge in [0.15, 0.2) is 5.82 Å². The molecule has 1 heterocycles. The predicted molar refractivity (Wildman–Crippen MR) is 73.3 cm³/mol. The van der Waals surface area contributed by atoms with Crippen LogP contribution < -0.4 is 4.90 Å². The van der Waals surface area contributed by atoms with E-state index in [1.807, 2.05) is 11.8 Å². The lowest BCUT2D eigenvalue weighted by molar-refractivity contribution is 0.0382. The molecule has 1 atom stereocenters. The van der Waals surface area contributed by atoms with Crippen molar-refractivity contribution in [1.29, 1.82) is 0 Å². The first kappa shape index (κ1) is 14.3. The molecule has 4 nitrogen and oxygen atoms in total. The van der Waals surface area contributed by atoms with Crippen LogP contribution in [-0.2, 0) is 4.74 Å². The number of carbonyl (C=O) groups is 1. The fourth-order valence-electron chi connectivity index (χ4n) is 2.13. The molecule has 1 saturated heterocycles. The van der Waals surface area contributed by atoms with Crippen molar-refractivity contribution in [1.82, 2.24) is 0 Å². The number of anilines is 1. The number of ether oxygens (including phenoxy) is 1. The Morgan fingerprint density at radius 2 is 2.37 bits per heavy atom. The van der Waals surface area contributed by atoms with Gasteiger partial charge in [-0.15, -0.1) is 0 Å². The summed E-state index contributed by atoms with van der Waals surface area (Å²) in [5.41, 5.74) is 0.347. The van der Waals surface area contributed by atoms with Crippen LogP contribution in [0, 0.1) is 5.82 Å². The van der Waals surface area contributed by atoms with Crippen LogP contribution in [0.15, 0.2) is 16.6 Å². The molecule has 1 N–H and O–H groups in total. The zero-order valence-corrected chi connectivity index (χ0v) is 12.1. The van der Waals surface area contributed by atoms with E-state index >= 15 is 0 Å². The minimum absolute atomic E-state index is 0.00274. The second-order valence-electron chi connectivity index (χ2n) is 4.41. The monoisotopic (exact) mass is 331 g/mol. The maximum atomic E-state index is 14.2. The molecule has 6 heteroatoms. The van der Waals surface area contributed by atoms with Crippen LogP contribution in [0.25, 0.3) is 0 Å². The third-order valence-electron chi connectivity index (χ3n) is 3.23. The van der Waals surface area contributed by atoms with Gasteiger partial charge in [0.1, 0.15) is 0 Å². The third-order valence-corrected chi connectivity index (χ3v) is 4.00. The van der Waals surface area contributed by atoms with E-state index in [4.69, 9.17) is 9.84 Å². The molecule has 0 amide bonds. The third kappa shape index (κ3) is 2.90.